The zero-order chi connectivity index (χ0) is 12.7. The van der Waals surface area contributed by atoms with E-state index in [9.17, 15) is 4.79 Å². The first-order valence-electron chi connectivity index (χ1n) is 6.13. The molecule has 0 radical (unpaired) electrons. The molecule has 0 unspecified atom stereocenters. The zero-order valence-electron chi connectivity index (χ0n) is 10.6. The number of hydrazine groups is 1. The van der Waals surface area contributed by atoms with Gasteiger partial charge in [0.25, 0.3) is 0 Å². The minimum Gasteiger partial charge on any atom is -0.497 e. The van der Waals surface area contributed by atoms with Gasteiger partial charge in [0.2, 0.25) is 5.91 Å². The van der Waals surface area contributed by atoms with Crippen molar-refractivity contribution in [3.8, 4) is 0 Å². The fourth-order valence-electron chi connectivity index (χ4n) is 2.84. The molecule has 2 aliphatic rings. The molecule has 4 heteroatoms. The van der Waals surface area contributed by atoms with Gasteiger partial charge in [0.05, 0.1) is 12.8 Å². The molecule has 0 spiro atoms. The molecule has 1 amide bonds. The van der Waals surface area contributed by atoms with Crippen LogP contribution < -0.4 is 0 Å². The van der Waals surface area contributed by atoms with Gasteiger partial charge in [0.15, 0.2) is 0 Å². The maximum atomic E-state index is 11.9. The monoisotopic (exact) mass is 244 g/mol. The summed E-state index contributed by atoms with van der Waals surface area (Å²) in [7, 11) is 1.67. The lowest BCUT2D eigenvalue weighted by Crippen LogP contribution is -2.34. The van der Waals surface area contributed by atoms with Crippen LogP contribution in [0.2, 0.25) is 0 Å². The summed E-state index contributed by atoms with van der Waals surface area (Å²) >= 11 is 0. The fraction of sp³-hybridized carbons (Fsp3) is 0.357. The molecule has 0 bridgehead atoms. The largest absolute Gasteiger partial charge is 0.497 e. The molecule has 3 rings (SSSR count). The van der Waals surface area contributed by atoms with Gasteiger partial charge in [-0.3, -0.25) is 4.79 Å². The standard InChI is InChI=1S/C14H16N2O2/c1-10-14(18-2)13(11-6-4-3-5-7-11)15-9-8-12(17)16(10)15/h3-7,13H,8-9H2,1-2H3/t13-/m1/s1. The molecule has 2 heterocycles. The van der Waals surface area contributed by atoms with Crippen LogP contribution in [0.4, 0.5) is 0 Å². The second kappa shape index (κ2) is 4.14. The van der Waals surface area contributed by atoms with Crippen LogP contribution in [-0.2, 0) is 9.53 Å². The number of nitrogens with zero attached hydrogens (tertiary/aromatic N) is 2. The lowest BCUT2D eigenvalue weighted by atomic mass is 10.0. The van der Waals surface area contributed by atoms with Gasteiger partial charge in [0.1, 0.15) is 11.8 Å². The maximum absolute atomic E-state index is 11.9. The van der Waals surface area contributed by atoms with E-state index in [0.29, 0.717) is 6.42 Å². The molecule has 1 fully saturated rings. The number of methoxy groups -OCH3 is 1. The van der Waals surface area contributed by atoms with E-state index in [2.05, 4.69) is 17.1 Å². The molecule has 0 aliphatic carbocycles. The Morgan fingerprint density at radius 3 is 2.67 bits per heavy atom. The van der Waals surface area contributed by atoms with Crippen LogP contribution >= 0.6 is 0 Å². The van der Waals surface area contributed by atoms with Crippen molar-refractivity contribution < 1.29 is 9.53 Å². The van der Waals surface area contributed by atoms with Gasteiger partial charge in [-0.15, -0.1) is 0 Å². The summed E-state index contributed by atoms with van der Waals surface area (Å²) in [6.45, 7) is 2.70. The SMILES string of the molecule is COC1=C(C)N2C(=O)CCN2[C@@H]1c1ccccc1. The van der Waals surface area contributed by atoms with Crippen molar-refractivity contribution in [1.82, 2.24) is 10.0 Å². The summed E-state index contributed by atoms with van der Waals surface area (Å²) < 4.78 is 5.52. The average molecular weight is 244 g/mol. The molecule has 1 atom stereocenters. The van der Waals surface area contributed by atoms with Gasteiger partial charge in [-0.1, -0.05) is 30.3 Å². The Labute approximate surface area is 106 Å². The maximum Gasteiger partial charge on any atom is 0.242 e. The predicted molar refractivity (Wildman–Crippen MR) is 67.1 cm³/mol. The third-order valence-electron chi connectivity index (χ3n) is 3.60. The zero-order valence-corrected chi connectivity index (χ0v) is 10.6. The number of hydrogen-bond acceptors (Lipinski definition) is 3. The molecular weight excluding hydrogens is 228 g/mol. The molecule has 4 nitrogen and oxygen atoms in total. The van der Waals surface area contributed by atoms with Crippen molar-refractivity contribution in [3.63, 3.8) is 0 Å². The smallest absolute Gasteiger partial charge is 0.242 e. The number of hydrogen-bond donors (Lipinski definition) is 0. The van der Waals surface area contributed by atoms with Crippen molar-refractivity contribution in [2.24, 2.45) is 0 Å². The highest BCUT2D eigenvalue weighted by atomic mass is 16.5. The summed E-state index contributed by atoms with van der Waals surface area (Å²) in [5.41, 5.74) is 2.07. The summed E-state index contributed by atoms with van der Waals surface area (Å²) in [5, 5.41) is 3.85. The van der Waals surface area contributed by atoms with Crippen LogP contribution in [0.3, 0.4) is 0 Å². The summed E-state index contributed by atoms with van der Waals surface area (Å²) in [5.74, 6) is 1.02. The minimum atomic E-state index is 0.0302. The Bertz CT molecular complexity index is 510. The quantitative estimate of drug-likeness (QED) is 0.798. The van der Waals surface area contributed by atoms with Gasteiger partial charge in [-0.2, -0.15) is 5.01 Å². The first-order chi connectivity index (χ1) is 8.74. The lowest BCUT2D eigenvalue weighted by Gasteiger charge is -2.26. The number of allylic oxidation sites excluding steroid dienone is 1. The molecule has 0 aromatic heterocycles. The summed E-state index contributed by atoms with van der Waals surface area (Å²) in [6.07, 6.45) is 0.581. The van der Waals surface area contributed by atoms with E-state index in [1.54, 1.807) is 12.1 Å². The molecule has 1 saturated heterocycles. The molecule has 0 N–H and O–H groups in total. The first-order valence-corrected chi connectivity index (χ1v) is 6.13. The molecule has 1 aromatic carbocycles. The van der Waals surface area contributed by atoms with Gasteiger partial charge in [-0.25, -0.2) is 5.01 Å². The average Bonchev–Trinajstić information content (AvgIpc) is 2.90. The molecular formula is C14H16N2O2. The fourth-order valence-corrected chi connectivity index (χ4v) is 2.84. The van der Waals surface area contributed by atoms with Crippen molar-refractivity contribution >= 4 is 5.91 Å². The highest BCUT2D eigenvalue weighted by Crippen LogP contribution is 2.42. The third kappa shape index (κ3) is 1.46. The number of benzene rings is 1. The van der Waals surface area contributed by atoms with Crippen LogP contribution in [0.5, 0.6) is 0 Å². The Kier molecular flexibility index (Phi) is 2.59. The normalized spacial score (nSPS) is 23.8. The summed E-state index contributed by atoms with van der Waals surface area (Å²) in [4.78, 5) is 11.9. The van der Waals surface area contributed by atoms with Crippen LogP contribution in [0.1, 0.15) is 24.9 Å². The number of carbonyl (C=O) groups excluding carboxylic acids is 1. The van der Waals surface area contributed by atoms with E-state index >= 15 is 0 Å². The lowest BCUT2D eigenvalue weighted by molar-refractivity contribution is -0.133. The Balaban J connectivity index is 2.06. The minimum absolute atomic E-state index is 0.0302. The van der Waals surface area contributed by atoms with Crippen molar-refractivity contribution in [2.45, 2.75) is 19.4 Å². The molecule has 94 valence electrons. The van der Waals surface area contributed by atoms with Gasteiger partial charge < -0.3 is 4.74 Å². The molecule has 18 heavy (non-hydrogen) atoms. The van der Waals surface area contributed by atoms with Crippen LogP contribution in [0, 0.1) is 0 Å². The molecule has 0 saturated carbocycles. The number of fused-ring (bicyclic) bond motifs is 1. The van der Waals surface area contributed by atoms with Crippen LogP contribution in [0.25, 0.3) is 0 Å². The van der Waals surface area contributed by atoms with E-state index < -0.39 is 0 Å². The van der Waals surface area contributed by atoms with E-state index in [-0.39, 0.29) is 11.9 Å². The number of carbonyl (C=O) groups is 1. The molecule has 1 aromatic rings. The second-order valence-corrected chi connectivity index (χ2v) is 4.59. The van der Waals surface area contributed by atoms with E-state index in [1.807, 2.05) is 25.1 Å². The van der Waals surface area contributed by atoms with Crippen molar-refractivity contribution in [3.05, 3.63) is 47.4 Å². The highest BCUT2D eigenvalue weighted by Gasteiger charge is 2.45. The topological polar surface area (TPSA) is 32.8 Å². The van der Waals surface area contributed by atoms with Gasteiger partial charge in [-0.05, 0) is 12.5 Å². The second-order valence-electron chi connectivity index (χ2n) is 4.59. The van der Waals surface area contributed by atoms with E-state index in [1.165, 1.54) is 0 Å². The van der Waals surface area contributed by atoms with Crippen molar-refractivity contribution in [1.29, 1.82) is 0 Å². The predicted octanol–water partition coefficient (Wildman–Crippen LogP) is 2.07. The van der Waals surface area contributed by atoms with Crippen LogP contribution in [0.15, 0.2) is 41.8 Å². The number of ether oxygens (including phenoxy) is 1. The number of amides is 1. The Hall–Kier alpha value is -1.81. The van der Waals surface area contributed by atoms with Gasteiger partial charge in [0, 0.05) is 13.0 Å². The Morgan fingerprint density at radius 2 is 2.00 bits per heavy atom. The third-order valence-corrected chi connectivity index (χ3v) is 3.60. The van der Waals surface area contributed by atoms with Crippen molar-refractivity contribution in [2.75, 3.05) is 13.7 Å². The van der Waals surface area contributed by atoms with Gasteiger partial charge >= 0.3 is 0 Å². The van der Waals surface area contributed by atoms with E-state index in [4.69, 9.17) is 4.74 Å². The first kappa shape index (κ1) is 11.3. The van der Waals surface area contributed by atoms with E-state index in [0.717, 1.165) is 23.6 Å². The summed E-state index contributed by atoms with van der Waals surface area (Å²) in [6, 6.07) is 10.2. The highest BCUT2D eigenvalue weighted by molar-refractivity contribution is 5.80. The Morgan fingerprint density at radius 1 is 1.28 bits per heavy atom. The van der Waals surface area contributed by atoms with Crippen LogP contribution in [-0.4, -0.2) is 29.6 Å². The molecule has 2 aliphatic heterocycles. The number of rotatable bonds is 2.